The molecule has 0 spiro atoms. The van der Waals surface area contributed by atoms with E-state index in [1.165, 1.54) is 25.5 Å². The first-order valence-electron chi connectivity index (χ1n) is 9.61. The van der Waals surface area contributed by atoms with Crippen molar-refractivity contribution in [3.63, 3.8) is 0 Å². The molecule has 2 aromatic rings. The van der Waals surface area contributed by atoms with Gasteiger partial charge in [0.15, 0.2) is 0 Å². The van der Waals surface area contributed by atoms with Crippen molar-refractivity contribution in [1.29, 1.82) is 0 Å². The van der Waals surface area contributed by atoms with Gasteiger partial charge in [0.05, 0.1) is 6.54 Å². The number of carbonyl (C=O) groups is 1. The lowest BCUT2D eigenvalue weighted by Crippen LogP contribution is -2.51. The van der Waals surface area contributed by atoms with Gasteiger partial charge in [-0.2, -0.15) is 4.31 Å². The highest BCUT2D eigenvalue weighted by Gasteiger charge is 2.27. The van der Waals surface area contributed by atoms with E-state index in [4.69, 9.17) is 16.3 Å². The van der Waals surface area contributed by atoms with Gasteiger partial charge in [-0.3, -0.25) is 14.7 Å². The normalized spacial score (nSPS) is 15.4. The number of halogens is 1. The summed E-state index contributed by atoms with van der Waals surface area (Å²) in [5.41, 5.74) is 0. The Labute approximate surface area is 182 Å². The summed E-state index contributed by atoms with van der Waals surface area (Å²) in [5, 5.41) is 0.669. The maximum absolute atomic E-state index is 12.6. The van der Waals surface area contributed by atoms with E-state index in [1.807, 2.05) is 12.1 Å². The molecule has 0 saturated carbocycles. The number of benzene rings is 1. The summed E-state index contributed by atoms with van der Waals surface area (Å²) in [6.45, 7) is 3.64. The van der Waals surface area contributed by atoms with Crippen LogP contribution in [-0.2, 0) is 14.8 Å². The number of hydrogen-bond donors (Lipinski definition) is 0. The number of pyridine rings is 1. The van der Waals surface area contributed by atoms with Crippen LogP contribution in [0.3, 0.4) is 0 Å². The molecule has 3 rings (SSSR count). The molecule has 1 aliphatic heterocycles. The number of aromatic nitrogens is 1. The summed E-state index contributed by atoms with van der Waals surface area (Å²) in [6.07, 6.45) is 2.78. The predicted octanol–water partition coefficient (Wildman–Crippen LogP) is 1.58. The number of ether oxygens (including phenoxy) is 1. The Hall–Kier alpha value is -2.20. The number of piperazine rings is 1. The molecule has 1 fully saturated rings. The maximum Gasteiger partial charge on any atom is 0.244 e. The summed E-state index contributed by atoms with van der Waals surface area (Å²) in [6, 6.07) is 10.2. The number of carbonyl (C=O) groups excluding carboxylic acids is 1. The third kappa shape index (κ3) is 5.91. The van der Waals surface area contributed by atoms with Crippen molar-refractivity contribution < 1.29 is 17.9 Å². The van der Waals surface area contributed by atoms with Crippen molar-refractivity contribution in [2.24, 2.45) is 0 Å². The molecule has 1 amide bonds. The average Bonchev–Trinajstić information content (AvgIpc) is 2.76. The first kappa shape index (κ1) is 22.5. The van der Waals surface area contributed by atoms with Gasteiger partial charge in [0, 0.05) is 57.2 Å². The second kappa shape index (κ2) is 10.2. The van der Waals surface area contributed by atoms with Crippen LogP contribution in [0, 0.1) is 0 Å². The van der Waals surface area contributed by atoms with Crippen LogP contribution in [-0.4, -0.2) is 86.3 Å². The first-order chi connectivity index (χ1) is 14.4. The van der Waals surface area contributed by atoms with E-state index in [2.05, 4.69) is 9.88 Å². The molecule has 30 heavy (non-hydrogen) atoms. The molecule has 8 nitrogen and oxygen atoms in total. The van der Waals surface area contributed by atoms with Crippen LogP contribution in [0.1, 0.15) is 0 Å². The zero-order valence-corrected chi connectivity index (χ0v) is 18.3. The molecule has 0 atom stereocenters. The second-order valence-electron chi connectivity index (χ2n) is 6.97. The minimum atomic E-state index is -3.74. The monoisotopic (exact) mass is 452 g/mol. The number of likely N-dealkylation sites (N-methyl/N-ethyl adjacent to an activating group) is 1. The average molecular weight is 453 g/mol. The van der Waals surface area contributed by atoms with Crippen molar-refractivity contribution in [2.75, 3.05) is 52.9 Å². The lowest BCUT2D eigenvalue weighted by atomic mass is 10.3. The van der Waals surface area contributed by atoms with Crippen molar-refractivity contribution >= 4 is 27.5 Å². The smallest absolute Gasteiger partial charge is 0.244 e. The Balaban J connectivity index is 1.42. The van der Waals surface area contributed by atoms with E-state index in [-0.39, 0.29) is 17.3 Å². The molecule has 0 N–H and O–H groups in total. The molecule has 0 aliphatic carbocycles. The molecule has 1 saturated heterocycles. The predicted molar refractivity (Wildman–Crippen MR) is 114 cm³/mol. The zero-order valence-electron chi connectivity index (χ0n) is 16.8. The van der Waals surface area contributed by atoms with Crippen molar-refractivity contribution in [3.8, 4) is 5.75 Å². The third-order valence-corrected chi connectivity index (χ3v) is 6.95. The maximum atomic E-state index is 12.6. The van der Waals surface area contributed by atoms with E-state index in [9.17, 15) is 13.2 Å². The van der Waals surface area contributed by atoms with Gasteiger partial charge in [0.1, 0.15) is 17.3 Å². The number of rotatable bonds is 8. The van der Waals surface area contributed by atoms with E-state index in [0.29, 0.717) is 24.7 Å². The van der Waals surface area contributed by atoms with E-state index >= 15 is 0 Å². The lowest BCUT2D eigenvalue weighted by Gasteiger charge is -2.35. The topological polar surface area (TPSA) is 83.1 Å². The molecule has 1 aromatic heterocycles. The largest absolute Gasteiger partial charge is 0.492 e. The van der Waals surface area contributed by atoms with Crippen LogP contribution in [0.4, 0.5) is 0 Å². The molecule has 1 aromatic carbocycles. The molecule has 1 aliphatic rings. The van der Waals surface area contributed by atoms with Crippen LogP contribution >= 0.6 is 11.6 Å². The molecule has 0 unspecified atom stereocenters. The van der Waals surface area contributed by atoms with Gasteiger partial charge in [-0.1, -0.05) is 11.6 Å². The summed E-state index contributed by atoms with van der Waals surface area (Å²) in [7, 11) is -2.33. The highest BCUT2D eigenvalue weighted by molar-refractivity contribution is 7.89. The number of amides is 1. The van der Waals surface area contributed by atoms with Gasteiger partial charge in [-0.25, -0.2) is 8.42 Å². The summed E-state index contributed by atoms with van der Waals surface area (Å²) in [4.78, 5) is 20.4. The highest BCUT2D eigenvalue weighted by Crippen LogP contribution is 2.16. The van der Waals surface area contributed by atoms with Crippen LogP contribution in [0.25, 0.3) is 0 Å². The van der Waals surface area contributed by atoms with Crippen molar-refractivity contribution in [2.45, 2.75) is 4.90 Å². The van der Waals surface area contributed by atoms with Crippen LogP contribution in [0.2, 0.25) is 5.02 Å². The Morgan fingerprint density at radius 3 is 2.50 bits per heavy atom. The van der Waals surface area contributed by atoms with E-state index in [0.717, 1.165) is 29.7 Å². The Morgan fingerprint density at radius 2 is 1.87 bits per heavy atom. The van der Waals surface area contributed by atoms with E-state index in [1.54, 1.807) is 23.1 Å². The molecule has 0 bridgehead atoms. The fraction of sp³-hybridized carbons (Fsp3) is 0.400. The Morgan fingerprint density at radius 1 is 1.17 bits per heavy atom. The third-order valence-electron chi connectivity index (χ3n) is 4.92. The fourth-order valence-electron chi connectivity index (χ4n) is 3.10. The van der Waals surface area contributed by atoms with Gasteiger partial charge >= 0.3 is 0 Å². The molecule has 10 heteroatoms. The van der Waals surface area contributed by atoms with Crippen LogP contribution < -0.4 is 4.74 Å². The van der Waals surface area contributed by atoms with E-state index < -0.39 is 10.0 Å². The minimum Gasteiger partial charge on any atom is -0.492 e. The molecule has 162 valence electrons. The SMILES string of the molecule is CN(CC(=O)N1CCN(CCOc2ccc(Cl)cc2)CC1)S(=O)(=O)c1cccnc1. The molecule has 2 heterocycles. The lowest BCUT2D eigenvalue weighted by molar-refractivity contribution is -0.133. The Kier molecular flexibility index (Phi) is 7.65. The summed E-state index contributed by atoms with van der Waals surface area (Å²) in [5.74, 6) is 0.563. The fourth-order valence-corrected chi connectivity index (χ4v) is 4.31. The highest BCUT2D eigenvalue weighted by atomic mass is 35.5. The summed E-state index contributed by atoms with van der Waals surface area (Å²) < 4.78 is 31.9. The molecular weight excluding hydrogens is 428 g/mol. The van der Waals surface area contributed by atoms with Crippen LogP contribution in [0.15, 0.2) is 53.7 Å². The van der Waals surface area contributed by atoms with Crippen molar-refractivity contribution in [3.05, 3.63) is 53.8 Å². The quantitative estimate of drug-likeness (QED) is 0.604. The minimum absolute atomic E-state index is 0.0748. The van der Waals surface area contributed by atoms with Gasteiger partial charge in [0.2, 0.25) is 15.9 Å². The number of hydrogen-bond acceptors (Lipinski definition) is 6. The number of nitrogens with zero attached hydrogens (tertiary/aromatic N) is 4. The van der Waals surface area contributed by atoms with Crippen LogP contribution in [0.5, 0.6) is 5.75 Å². The standard InChI is InChI=1S/C20H25ClN4O4S/c1-23(30(27,28)19-3-2-8-22-15-19)16-20(26)25-11-9-24(10-12-25)13-14-29-18-6-4-17(21)5-7-18/h2-8,15H,9-14,16H2,1H3. The number of sulfonamides is 1. The van der Waals surface area contributed by atoms with Gasteiger partial charge in [-0.15, -0.1) is 0 Å². The Bertz CT molecular complexity index is 933. The zero-order chi connectivity index (χ0) is 21.6. The van der Waals surface area contributed by atoms with Crippen molar-refractivity contribution in [1.82, 2.24) is 19.1 Å². The molecule has 0 radical (unpaired) electrons. The summed E-state index contributed by atoms with van der Waals surface area (Å²) >= 11 is 5.86. The second-order valence-corrected chi connectivity index (χ2v) is 9.46. The van der Waals surface area contributed by atoms with Gasteiger partial charge < -0.3 is 9.64 Å². The van der Waals surface area contributed by atoms with Gasteiger partial charge in [-0.05, 0) is 36.4 Å². The molecular formula is C20H25ClN4O4S. The first-order valence-corrected chi connectivity index (χ1v) is 11.4. The van der Waals surface area contributed by atoms with Gasteiger partial charge in [0.25, 0.3) is 0 Å².